The summed E-state index contributed by atoms with van der Waals surface area (Å²) in [6.07, 6.45) is 2.51. The Bertz CT molecular complexity index is 402. The molecule has 0 bridgehead atoms. The third-order valence-electron chi connectivity index (χ3n) is 3.57. The molecule has 1 aliphatic rings. The van der Waals surface area contributed by atoms with Crippen molar-refractivity contribution in [3.8, 4) is 0 Å². The maximum Gasteiger partial charge on any atom is 0.237 e. The Hall–Kier alpha value is -1.39. The molecule has 4 heteroatoms. The van der Waals surface area contributed by atoms with Crippen molar-refractivity contribution in [3.63, 3.8) is 0 Å². The molecule has 1 aliphatic carbocycles. The Kier molecular flexibility index (Phi) is 3.99. The first-order chi connectivity index (χ1) is 8.65. The summed E-state index contributed by atoms with van der Waals surface area (Å²) in [6, 6.07) is 9.21. The van der Waals surface area contributed by atoms with Crippen molar-refractivity contribution in [3.05, 3.63) is 35.9 Å². The van der Waals surface area contributed by atoms with Gasteiger partial charge in [-0.15, -0.1) is 0 Å². The van der Waals surface area contributed by atoms with Crippen LogP contribution in [0.15, 0.2) is 30.3 Å². The predicted molar refractivity (Wildman–Crippen MR) is 69.9 cm³/mol. The Balaban J connectivity index is 1.78. The highest BCUT2D eigenvalue weighted by atomic mass is 16.3. The summed E-state index contributed by atoms with van der Waals surface area (Å²) in [5, 5.41) is 12.0. The van der Waals surface area contributed by atoms with Crippen LogP contribution in [0.2, 0.25) is 0 Å². The third-order valence-corrected chi connectivity index (χ3v) is 3.57. The second-order valence-corrected chi connectivity index (χ2v) is 5.17. The molecule has 0 unspecified atom stereocenters. The number of rotatable bonds is 6. The van der Waals surface area contributed by atoms with Crippen LogP contribution in [-0.2, 0) is 11.2 Å². The van der Waals surface area contributed by atoms with E-state index in [2.05, 4.69) is 5.32 Å². The number of nitrogens with two attached hydrogens (primary N) is 1. The Labute approximate surface area is 107 Å². The molecule has 1 aromatic rings. The normalized spacial score (nSPS) is 18.1. The standard InChI is InChI=1S/C14H20N2O2/c15-12(8-11-4-2-1-3-5-11)13(18)16-9-14(10-17)6-7-14/h1-5,12,17H,6-10,15H2,(H,16,18)/t12-/m1/s1. The molecule has 18 heavy (non-hydrogen) atoms. The molecule has 2 rings (SSSR count). The van der Waals surface area contributed by atoms with E-state index in [1.165, 1.54) is 0 Å². The summed E-state index contributed by atoms with van der Waals surface area (Å²) in [5.41, 5.74) is 6.86. The van der Waals surface area contributed by atoms with E-state index in [0.717, 1.165) is 18.4 Å². The SMILES string of the molecule is N[C@H](Cc1ccccc1)C(=O)NCC1(CO)CC1. The molecule has 0 aliphatic heterocycles. The molecule has 98 valence electrons. The lowest BCUT2D eigenvalue weighted by molar-refractivity contribution is -0.122. The number of hydrogen-bond acceptors (Lipinski definition) is 3. The van der Waals surface area contributed by atoms with E-state index in [0.29, 0.717) is 13.0 Å². The van der Waals surface area contributed by atoms with Gasteiger partial charge < -0.3 is 16.2 Å². The van der Waals surface area contributed by atoms with Gasteiger partial charge in [-0.05, 0) is 24.8 Å². The van der Waals surface area contributed by atoms with Crippen molar-refractivity contribution in [2.75, 3.05) is 13.2 Å². The lowest BCUT2D eigenvalue weighted by Gasteiger charge is -2.16. The van der Waals surface area contributed by atoms with Crippen molar-refractivity contribution in [1.82, 2.24) is 5.32 Å². The molecule has 0 saturated heterocycles. The van der Waals surface area contributed by atoms with Crippen LogP contribution in [-0.4, -0.2) is 30.2 Å². The summed E-state index contributed by atoms with van der Waals surface area (Å²) in [4.78, 5) is 11.8. The highest BCUT2D eigenvalue weighted by Crippen LogP contribution is 2.44. The monoisotopic (exact) mass is 248 g/mol. The summed E-state index contributed by atoms with van der Waals surface area (Å²) in [6.45, 7) is 0.673. The van der Waals surface area contributed by atoms with Gasteiger partial charge in [-0.3, -0.25) is 4.79 Å². The average molecular weight is 248 g/mol. The van der Waals surface area contributed by atoms with Gasteiger partial charge in [0.1, 0.15) is 0 Å². The van der Waals surface area contributed by atoms with Crippen LogP contribution in [0, 0.1) is 5.41 Å². The Morgan fingerprint density at radius 3 is 2.61 bits per heavy atom. The van der Waals surface area contributed by atoms with Crippen molar-refractivity contribution in [2.45, 2.75) is 25.3 Å². The minimum Gasteiger partial charge on any atom is -0.396 e. The molecule has 1 aromatic carbocycles. The summed E-state index contributed by atoms with van der Waals surface area (Å²) >= 11 is 0. The molecule has 0 heterocycles. The van der Waals surface area contributed by atoms with Crippen molar-refractivity contribution in [1.29, 1.82) is 0 Å². The molecule has 1 atom stereocenters. The van der Waals surface area contributed by atoms with Crippen LogP contribution in [0.5, 0.6) is 0 Å². The first-order valence-electron chi connectivity index (χ1n) is 6.33. The van der Waals surface area contributed by atoms with E-state index in [1.54, 1.807) is 0 Å². The van der Waals surface area contributed by atoms with Gasteiger partial charge in [0.2, 0.25) is 5.91 Å². The van der Waals surface area contributed by atoms with Crippen LogP contribution >= 0.6 is 0 Å². The maximum atomic E-state index is 11.8. The van der Waals surface area contributed by atoms with Gasteiger partial charge >= 0.3 is 0 Å². The number of aliphatic hydroxyl groups is 1. The largest absolute Gasteiger partial charge is 0.396 e. The quantitative estimate of drug-likeness (QED) is 0.684. The van der Waals surface area contributed by atoms with Crippen LogP contribution in [0.3, 0.4) is 0 Å². The van der Waals surface area contributed by atoms with Gasteiger partial charge in [0, 0.05) is 12.0 Å². The Morgan fingerprint density at radius 1 is 1.39 bits per heavy atom. The van der Waals surface area contributed by atoms with Crippen LogP contribution < -0.4 is 11.1 Å². The molecule has 1 saturated carbocycles. The third kappa shape index (κ3) is 3.31. The van der Waals surface area contributed by atoms with Gasteiger partial charge in [0.25, 0.3) is 0 Å². The van der Waals surface area contributed by atoms with E-state index >= 15 is 0 Å². The minimum absolute atomic E-state index is 0.0673. The molecule has 4 N–H and O–H groups in total. The van der Waals surface area contributed by atoms with Crippen molar-refractivity contribution in [2.24, 2.45) is 11.1 Å². The number of benzene rings is 1. The van der Waals surface area contributed by atoms with Crippen LogP contribution in [0.4, 0.5) is 0 Å². The zero-order valence-corrected chi connectivity index (χ0v) is 10.4. The molecule has 0 aromatic heterocycles. The number of nitrogens with one attached hydrogen (secondary N) is 1. The number of carbonyl (C=O) groups is 1. The fourth-order valence-corrected chi connectivity index (χ4v) is 1.93. The van der Waals surface area contributed by atoms with E-state index in [1.807, 2.05) is 30.3 Å². The average Bonchev–Trinajstić information content (AvgIpc) is 3.18. The molecular formula is C14H20N2O2. The molecule has 1 amide bonds. The van der Waals surface area contributed by atoms with E-state index < -0.39 is 6.04 Å². The Morgan fingerprint density at radius 2 is 2.06 bits per heavy atom. The van der Waals surface area contributed by atoms with Gasteiger partial charge in [0.05, 0.1) is 12.6 Å². The van der Waals surface area contributed by atoms with Gasteiger partial charge in [-0.2, -0.15) is 0 Å². The highest BCUT2D eigenvalue weighted by molar-refractivity contribution is 5.81. The van der Waals surface area contributed by atoms with E-state index in [4.69, 9.17) is 10.8 Å². The second-order valence-electron chi connectivity index (χ2n) is 5.17. The van der Waals surface area contributed by atoms with E-state index in [-0.39, 0.29) is 17.9 Å². The predicted octanol–water partition coefficient (Wildman–Crippen LogP) is 0.445. The van der Waals surface area contributed by atoms with Gasteiger partial charge in [-0.25, -0.2) is 0 Å². The molecular weight excluding hydrogens is 228 g/mol. The number of hydrogen-bond donors (Lipinski definition) is 3. The van der Waals surface area contributed by atoms with Crippen LogP contribution in [0.1, 0.15) is 18.4 Å². The fourth-order valence-electron chi connectivity index (χ4n) is 1.93. The smallest absolute Gasteiger partial charge is 0.237 e. The summed E-state index contributed by atoms with van der Waals surface area (Å²) < 4.78 is 0. The topological polar surface area (TPSA) is 75.4 Å². The molecule has 1 fully saturated rings. The molecule has 0 radical (unpaired) electrons. The fraction of sp³-hybridized carbons (Fsp3) is 0.500. The van der Waals surface area contributed by atoms with Gasteiger partial charge in [-0.1, -0.05) is 30.3 Å². The lowest BCUT2D eigenvalue weighted by atomic mass is 10.1. The van der Waals surface area contributed by atoms with Crippen molar-refractivity contribution >= 4 is 5.91 Å². The number of carbonyl (C=O) groups excluding carboxylic acids is 1. The number of aliphatic hydroxyl groups excluding tert-OH is 1. The lowest BCUT2D eigenvalue weighted by Crippen LogP contribution is -2.44. The number of amides is 1. The zero-order chi connectivity index (χ0) is 13.0. The first-order valence-corrected chi connectivity index (χ1v) is 6.33. The van der Waals surface area contributed by atoms with Gasteiger partial charge in [0.15, 0.2) is 0 Å². The second kappa shape index (κ2) is 5.50. The molecule has 0 spiro atoms. The summed E-state index contributed by atoms with van der Waals surface area (Å²) in [7, 11) is 0. The minimum atomic E-state index is -0.526. The van der Waals surface area contributed by atoms with Crippen LogP contribution in [0.25, 0.3) is 0 Å². The van der Waals surface area contributed by atoms with Crippen molar-refractivity contribution < 1.29 is 9.90 Å². The summed E-state index contributed by atoms with van der Waals surface area (Å²) in [5.74, 6) is -0.140. The maximum absolute atomic E-state index is 11.8. The zero-order valence-electron chi connectivity index (χ0n) is 10.4. The first kappa shape index (κ1) is 13.1. The van der Waals surface area contributed by atoms with E-state index in [9.17, 15) is 4.79 Å². The molecule has 4 nitrogen and oxygen atoms in total. The highest BCUT2D eigenvalue weighted by Gasteiger charge is 2.42.